The molecule has 0 spiro atoms. The third-order valence-electron chi connectivity index (χ3n) is 7.40. The van der Waals surface area contributed by atoms with Crippen LogP contribution in [0.1, 0.15) is 34.3 Å². The number of fused-ring (bicyclic) bond motifs is 2. The average molecular weight is 491 g/mol. The van der Waals surface area contributed by atoms with Gasteiger partial charge in [0.25, 0.3) is 5.91 Å². The largest absolute Gasteiger partial charge is 0.369 e. The summed E-state index contributed by atoms with van der Waals surface area (Å²) in [5.41, 5.74) is 3.97. The Hall–Kier alpha value is -3.79. The topological polar surface area (TPSA) is 90.8 Å². The van der Waals surface area contributed by atoms with Gasteiger partial charge in [-0.15, -0.1) is 0 Å². The summed E-state index contributed by atoms with van der Waals surface area (Å²) in [6.45, 7) is 4.08. The minimum atomic E-state index is -0.715. The van der Waals surface area contributed by atoms with E-state index in [0.29, 0.717) is 24.3 Å². The van der Waals surface area contributed by atoms with E-state index in [1.807, 2.05) is 24.0 Å². The van der Waals surface area contributed by atoms with Gasteiger partial charge < -0.3 is 9.80 Å². The van der Waals surface area contributed by atoms with Crippen molar-refractivity contribution in [1.29, 1.82) is 0 Å². The number of hydrogen-bond acceptors (Lipinski definition) is 6. The second-order valence-electron chi connectivity index (χ2n) is 9.81. The molecule has 0 bridgehead atoms. The lowest BCUT2D eigenvalue weighted by molar-refractivity contribution is -0.136. The number of piperazine rings is 1. The molecule has 3 aliphatic heterocycles. The molecular weight excluding hydrogens is 463 g/mol. The number of hydrogen-bond donors (Lipinski definition) is 1. The number of imide groups is 1. The number of piperidine rings is 1. The van der Waals surface area contributed by atoms with E-state index >= 15 is 0 Å². The molecule has 3 aromatic rings. The number of anilines is 1. The molecule has 1 atom stereocenters. The predicted octanol–water partition coefficient (Wildman–Crippen LogP) is 1.80. The van der Waals surface area contributed by atoms with Crippen molar-refractivity contribution in [1.82, 2.24) is 24.9 Å². The van der Waals surface area contributed by atoms with Crippen molar-refractivity contribution < 1.29 is 18.8 Å². The Kier molecular flexibility index (Phi) is 5.48. The first-order valence-corrected chi connectivity index (χ1v) is 12.2. The highest BCUT2D eigenvalue weighted by atomic mass is 19.1. The van der Waals surface area contributed by atoms with Gasteiger partial charge in [-0.05, 0) is 36.2 Å². The Morgan fingerprint density at radius 2 is 1.89 bits per heavy atom. The Bertz CT molecular complexity index is 1390. The zero-order valence-electron chi connectivity index (χ0n) is 20.0. The number of nitrogens with one attached hydrogen (secondary N) is 1. The third-order valence-corrected chi connectivity index (χ3v) is 7.40. The minimum absolute atomic E-state index is 0.188. The summed E-state index contributed by atoms with van der Waals surface area (Å²) in [6.07, 6.45) is 2.49. The number of aryl methyl sites for hydroxylation is 1. The monoisotopic (exact) mass is 490 g/mol. The molecule has 1 aromatic heterocycles. The van der Waals surface area contributed by atoms with Gasteiger partial charge in [0.2, 0.25) is 11.8 Å². The van der Waals surface area contributed by atoms with Crippen LogP contribution in [-0.2, 0) is 29.7 Å². The van der Waals surface area contributed by atoms with Crippen molar-refractivity contribution in [3.63, 3.8) is 0 Å². The fourth-order valence-corrected chi connectivity index (χ4v) is 5.59. The molecule has 4 heterocycles. The van der Waals surface area contributed by atoms with E-state index < -0.39 is 17.8 Å². The second-order valence-corrected chi connectivity index (χ2v) is 9.81. The van der Waals surface area contributed by atoms with E-state index in [2.05, 4.69) is 32.3 Å². The van der Waals surface area contributed by atoms with Crippen LogP contribution in [0, 0.1) is 5.82 Å². The summed E-state index contributed by atoms with van der Waals surface area (Å²) in [6, 6.07) is 8.36. The zero-order valence-corrected chi connectivity index (χ0v) is 20.0. The predicted molar refractivity (Wildman–Crippen MR) is 131 cm³/mol. The number of halogens is 1. The molecule has 2 aromatic carbocycles. The molecule has 1 N–H and O–H groups in total. The van der Waals surface area contributed by atoms with Crippen LogP contribution in [0.2, 0.25) is 0 Å². The van der Waals surface area contributed by atoms with E-state index in [1.54, 1.807) is 0 Å². The highest BCUT2D eigenvalue weighted by Crippen LogP contribution is 2.35. The Morgan fingerprint density at radius 3 is 2.67 bits per heavy atom. The van der Waals surface area contributed by atoms with Crippen LogP contribution in [-0.4, -0.2) is 69.5 Å². The van der Waals surface area contributed by atoms with Gasteiger partial charge in [0.1, 0.15) is 11.9 Å². The lowest BCUT2D eigenvalue weighted by atomic mass is 10.0. The lowest BCUT2D eigenvalue weighted by Gasteiger charge is -2.37. The molecule has 9 nitrogen and oxygen atoms in total. The van der Waals surface area contributed by atoms with Gasteiger partial charge in [-0.1, -0.05) is 6.07 Å². The van der Waals surface area contributed by atoms with Crippen molar-refractivity contribution in [2.45, 2.75) is 32.0 Å². The van der Waals surface area contributed by atoms with Crippen molar-refractivity contribution in [2.75, 3.05) is 31.1 Å². The fraction of sp³-hybridized carbons (Fsp3) is 0.385. The second kappa shape index (κ2) is 8.70. The summed E-state index contributed by atoms with van der Waals surface area (Å²) in [7, 11) is 1.92. The van der Waals surface area contributed by atoms with Crippen LogP contribution < -0.4 is 10.2 Å². The highest BCUT2D eigenvalue weighted by Gasteiger charge is 2.41. The van der Waals surface area contributed by atoms with Gasteiger partial charge in [-0.2, -0.15) is 5.10 Å². The maximum atomic E-state index is 14.6. The van der Waals surface area contributed by atoms with Gasteiger partial charge in [0.15, 0.2) is 0 Å². The van der Waals surface area contributed by atoms with Crippen LogP contribution in [0.25, 0.3) is 10.9 Å². The van der Waals surface area contributed by atoms with E-state index in [4.69, 9.17) is 0 Å². The molecule has 10 heteroatoms. The van der Waals surface area contributed by atoms with E-state index in [9.17, 15) is 18.8 Å². The first-order chi connectivity index (χ1) is 17.4. The van der Waals surface area contributed by atoms with Crippen LogP contribution in [0.3, 0.4) is 0 Å². The zero-order chi connectivity index (χ0) is 25.0. The number of carbonyl (C=O) groups excluding carboxylic acids is 3. The molecule has 36 heavy (non-hydrogen) atoms. The van der Waals surface area contributed by atoms with Crippen LogP contribution >= 0.6 is 0 Å². The molecule has 3 amide bonds. The molecule has 0 aliphatic carbocycles. The minimum Gasteiger partial charge on any atom is -0.369 e. The van der Waals surface area contributed by atoms with Gasteiger partial charge in [-0.25, -0.2) is 4.39 Å². The Labute approximate surface area is 207 Å². The quantitative estimate of drug-likeness (QED) is 0.561. The molecule has 0 saturated carbocycles. The number of amides is 3. The number of benzene rings is 2. The molecule has 3 aliphatic rings. The smallest absolute Gasteiger partial charge is 0.255 e. The van der Waals surface area contributed by atoms with Gasteiger partial charge in [-0.3, -0.25) is 29.3 Å². The molecule has 2 saturated heterocycles. The van der Waals surface area contributed by atoms with Gasteiger partial charge in [0, 0.05) is 81.1 Å². The number of rotatable bonds is 4. The number of carbonyl (C=O) groups is 3. The first-order valence-electron chi connectivity index (χ1n) is 12.2. The maximum absolute atomic E-state index is 14.6. The maximum Gasteiger partial charge on any atom is 0.255 e. The molecule has 186 valence electrons. The van der Waals surface area contributed by atoms with Gasteiger partial charge >= 0.3 is 0 Å². The lowest BCUT2D eigenvalue weighted by Crippen LogP contribution is -2.52. The normalized spacial score (nSPS) is 20.8. The van der Waals surface area contributed by atoms with Crippen molar-refractivity contribution >= 4 is 34.3 Å². The van der Waals surface area contributed by atoms with Crippen molar-refractivity contribution in [2.24, 2.45) is 7.05 Å². The van der Waals surface area contributed by atoms with Crippen LogP contribution in [0.15, 0.2) is 36.5 Å². The van der Waals surface area contributed by atoms with E-state index in [0.717, 1.165) is 36.1 Å². The van der Waals surface area contributed by atoms with Crippen molar-refractivity contribution in [3.05, 3.63) is 59.0 Å². The standard InChI is InChI=1S/C26H27FN6O3/c1-30-14-17-10-16(2-3-21(17)29-30)13-31-6-8-32(9-7-31)23-12-18(27)11-19-20(23)15-33(26(19)36)22-4-5-24(34)28-25(22)35/h2-3,10-12,14,22H,4-9,13,15H2,1H3,(H,28,34,35). The summed E-state index contributed by atoms with van der Waals surface area (Å²) in [5, 5.41) is 7.86. The SMILES string of the molecule is Cn1cc2cc(CN3CCN(c4cc(F)cc5c4CN(C4CCC(=O)NC4=O)C5=O)CC3)ccc2n1. The molecule has 6 rings (SSSR count). The summed E-state index contributed by atoms with van der Waals surface area (Å²) in [4.78, 5) is 43.0. The molecule has 1 unspecified atom stereocenters. The summed E-state index contributed by atoms with van der Waals surface area (Å²) < 4.78 is 16.4. The molecule has 0 radical (unpaired) electrons. The third kappa shape index (κ3) is 4.01. The highest BCUT2D eigenvalue weighted by molar-refractivity contribution is 6.06. The van der Waals surface area contributed by atoms with Crippen LogP contribution in [0.5, 0.6) is 0 Å². The van der Waals surface area contributed by atoms with Crippen LogP contribution in [0.4, 0.5) is 10.1 Å². The molecule has 2 fully saturated rings. The number of nitrogens with zero attached hydrogens (tertiary/aromatic N) is 5. The Balaban J connectivity index is 1.16. The Morgan fingerprint density at radius 1 is 1.08 bits per heavy atom. The molecular formula is C26H27FN6O3. The van der Waals surface area contributed by atoms with Crippen molar-refractivity contribution in [3.8, 4) is 0 Å². The first kappa shape index (κ1) is 22.7. The van der Waals surface area contributed by atoms with Gasteiger partial charge in [0.05, 0.1) is 5.52 Å². The fourth-order valence-electron chi connectivity index (χ4n) is 5.59. The van der Waals surface area contributed by atoms with E-state index in [-0.39, 0.29) is 31.2 Å². The van der Waals surface area contributed by atoms with E-state index in [1.165, 1.54) is 22.6 Å². The number of aromatic nitrogens is 2. The summed E-state index contributed by atoms with van der Waals surface area (Å²) >= 11 is 0. The average Bonchev–Trinajstić information content (AvgIpc) is 3.38. The summed E-state index contributed by atoms with van der Waals surface area (Å²) in [5.74, 6) is -1.61.